The Kier molecular flexibility index (Phi) is 1.99. The van der Waals surface area contributed by atoms with E-state index in [-0.39, 0.29) is 5.54 Å². The van der Waals surface area contributed by atoms with Gasteiger partial charge in [-0.1, -0.05) is 12.1 Å². The molecule has 0 radical (unpaired) electrons. The molecule has 1 saturated carbocycles. The first-order valence-corrected chi connectivity index (χ1v) is 5.79. The molecular formula is C13H17NO. The van der Waals surface area contributed by atoms with Gasteiger partial charge in [0.25, 0.3) is 0 Å². The van der Waals surface area contributed by atoms with Crippen molar-refractivity contribution in [2.75, 3.05) is 6.61 Å². The minimum atomic E-state index is 0.169. The fourth-order valence-electron chi connectivity index (χ4n) is 2.32. The average Bonchev–Trinajstić information content (AvgIpc) is 2.80. The molecule has 1 aromatic rings. The van der Waals surface area contributed by atoms with Gasteiger partial charge in [0.05, 0.1) is 6.61 Å². The quantitative estimate of drug-likeness (QED) is 0.816. The lowest BCUT2D eigenvalue weighted by Gasteiger charge is -2.10. The Bertz CT molecular complexity index is 382. The number of fused-ring (bicyclic) bond motifs is 1. The summed E-state index contributed by atoms with van der Waals surface area (Å²) in [5.74, 6) is 1.09. The largest absolute Gasteiger partial charge is 0.493 e. The summed E-state index contributed by atoms with van der Waals surface area (Å²) in [6.07, 6.45) is 5.73. The summed E-state index contributed by atoms with van der Waals surface area (Å²) in [6.45, 7) is 0.847. The van der Waals surface area contributed by atoms with Crippen molar-refractivity contribution >= 4 is 0 Å². The summed E-state index contributed by atoms with van der Waals surface area (Å²) in [5, 5.41) is 0. The monoisotopic (exact) mass is 203 g/mol. The zero-order valence-electron chi connectivity index (χ0n) is 8.96. The predicted molar refractivity (Wildman–Crippen MR) is 60.1 cm³/mol. The van der Waals surface area contributed by atoms with Crippen LogP contribution in [-0.2, 0) is 12.8 Å². The molecule has 0 unspecified atom stereocenters. The van der Waals surface area contributed by atoms with E-state index in [0.29, 0.717) is 0 Å². The van der Waals surface area contributed by atoms with Gasteiger partial charge in [-0.25, -0.2) is 0 Å². The van der Waals surface area contributed by atoms with Crippen LogP contribution in [0.5, 0.6) is 5.75 Å². The molecule has 3 rings (SSSR count). The van der Waals surface area contributed by atoms with E-state index in [1.165, 1.54) is 24.0 Å². The highest BCUT2D eigenvalue weighted by atomic mass is 16.5. The van der Waals surface area contributed by atoms with Gasteiger partial charge in [0.15, 0.2) is 0 Å². The SMILES string of the molecule is NC1(CCc2cccc3c2CCO3)CC1. The van der Waals surface area contributed by atoms with Gasteiger partial charge in [-0.2, -0.15) is 0 Å². The number of hydrogen-bond donors (Lipinski definition) is 1. The summed E-state index contributed by atoms with van der Waals surface area (Å²) in [4.78, 5) is 0. The Morgan fingerprint density at radius 2 is 2.20 bits per heavy atom. The van der Waals surface area contributed by atoms with Crippen molar-refractivity contribution in [1.82, 2.24) is 0 Å². The van der Waals surface area contributed by atoms with Gasteiger partial charge in [-0.15, -0.1) is 0 Å². The van der Waals surface area contributed by atoms with E-state index in [0.717, 1.165) is 31.6 Å². The van der Waals surface area contributed by atoms with Crippen molar-refractivity contribution in [3.8, 4) is 5.75 Å². The summed E-state index contributed by atoms with van der Waals surface area (Å²) in [7, 11) is 0. The van der Waals surface area contributed by atoms with Crippen LogP contribution in [0.1, 0.15) is 30.4 Å². The van der Waals surface area contributed by atoms with Crippen molar-refractivity contribution in [2.24, 2.45) is 5.73 Å². The standard InChI is InChI=1S/C13H17NO/c14-13(7-8-13)6-4-10-2-1-3-12-11(10)5-9-15-12/h1-3H,4-9,14H2. The first-order chi connectivity index (χ1) is 7.27. The van der Waals surface area contributed by atoms with Crippen LogP contribution in [0.4, 0.5) is 0 Å². The molecule has 2 nitrogen and oxygen atoms in total. The number of rotatable bonds is 3. The van der Waals surface area contributed by atoms with Crippen LogP contribution in [0.25, 0.3) is 0 Å². The smallest absolute Gasteiger partial charge is 0.122 e. The Morgan fingerprint density at radius 3 is 3.00 bits per heavy atom. The second-order valence-electron chi connectivity index (χ2n) is 4.85. The van der Waals surface area contributed by atoms with Crippen LogP contribution >= 0.6 is 0 Å². The number of aryl methyl sites for hydroxylation is 1. The maximum Gasteiger partial charge on any atom is 0.122 e. The fourth-order valence-corrected chi connectivity index (χ4v) is 2.32. The van der Waals surface area contributed by atoms with Crippen LogP contribution in [0.15, 0.2) is 18.2 Å². The van der Waals surface area contributed by atoms with Gasteiger partial charge in [-0.3, -0.25) is 0 Å². The molecule has 0 bridgehead atoms. The highest BCUT2D eigenvalue weighted by Crippen LogP contribution is 2.38. The van der Waals surface area contributed by atoms with E-state index >= 15 is 0 Å². The van der Waals surface area contributed by atoms with Gasteiger partial charge in [0, 0.05) is 17.5 Å². The van der Waals surface area contributed by atoms with E-state index in [4.69, 9.17) is 10.5 Å². The molecule has 0 saturated heterocycles. The Labute approximate surface area is 90.4 Å². The molecule has 0 amide bonds. The third-order valence-corrected chi connectivity index (χ3v) is 3.62. The lowest BCUT2D eigenvalue weighted by Crippen LogP contribution is -2.22. The lowest BCUT2D eigenvalue weighted by molar-refractivity contribution is 0.357. The average molecular weight is 203 g/mol. The molecule has 1 aliphatic carbocycles. The molecule has 15 heavy (non-hydrogen) atoms. The molecular weight excluding hydrogens is 186 g/mol. The van der Waals surface area contributed by atoms with E-state index < -0.39 is 0 Å². The molecule has 2 heteroatoms. The Morgan fingerprint density at radius 1 is 1.33 bits per heavy atom. The van der Waals surface area contributed by atoms with Crippen molar-refractivity contribution in [3.05, 3.63) is 29.3 Å². The Hall–Kier alpha value is -1.02. The number of ether oxygens (including phenoxy) is 1. The van der Waals surface area contributed by atoms with Gasteiger partial charge in [0.2, 0.25) is 0 Å². The second kappa shape index (κ2) is 3.24. The highest BCUT2D eigenvalue weighted by molar-refractivity contribution is 5.43. The maximum atomic E-state index is 6.11. The molecule has 0 atom stereocenters. The number of nitrogens with two attached hydrogens (primary N) is 1. The summed E-state index contributed by atoms with van der Waals surface area (Å²) in [6, 6.07) is 6.38. The topological polar surface area (TPSA) is 35.2 Å². The predicted octanol–water partition coefficient (Wildman–Crippen LogP) is 2.05. The van der Waals surface area contributed by atoms with Crippen molar-refractivity contribution in [3.63, 3.8) is 0 Å². The van der Waals surface area contributed by atoms with Crippen molar-refractivity contribution in [2.45, 2.75) is 37.6 Å². The summed E-state index contributed by atoms with van der Waals surface area (Å²) < 4.78 is 5.56. The van der Waals surface area contributed by atoms with Crippen molar-refractivity contribution in [1.29, 1.82) is 0 Å². The highest BCUT2D eigenvalue weighted by Gasteiger charge is 2.37. The zero-order valence-corrected chi connectivity index (χ0v) is 8.96. The van der Waals surface area contributed by atoms with E-state index in [9.17, 15) is 0 Å². The number of hydrogen-bond acceptors (Lipinski definition) is 2. The fraction of sp³-hybridized carbons (Fsp3) is 0.538. The third kappa shape index (κ3) is 1.74. The molecule has 2 N–H and O–H groups in total. The van der Waals surface area contributed by atoms with Gasteiger partial charge >= 0.3 is 0 Å². The van der Waals surface area contributed by atoms with Crippen LogP contribution in [0.3, 0.4) is 0 Å². The molecule has 1 fully saturated rings. The summed E-state index contributed by atoms with van der Waals surface area (Å²) in [5.41, 5.74) is 9.14. The van der Waals surface area contributed by atoms with Gasteiger partial charge < -0.3 is 10.5 Å². The molecule has 1 aromatic carbocycles. The van der Waals surface area contributed by atoms with Crippen LogP contribution in [0.2, 0.25) is 0 Å². The first kappa shape index (κ1) is 9.22. The Balaban J connectivity index is 1.77. The van der Waals surface area contributed by atoms with Crippen LogP contribution in [-0.4, -0.2) is 12.1 Å². The third-order valence-electron chi connectivity index (χ3n) is 3.62. The number of benzene rings is 1. The normalized spacial score (nSPS) is 20.9. The molecule has 0 aromatic heterocycles. The molecule has 80 valence electrons. The van der Waals surface area contributed by atoms with E-state index in [1.54, 1.807) is 0 Å². The molecule has 1 aliphatic heterocycles. The van der Waals surface area contributed by atoms with Crippen molar-refractivity contribution < 1.29 is 4.74 Å². The lowest BCUT2D eigenvalue weighted by atomic mass is 9.98. The van der Waals surface area contributed by atoms with Crippen LogP contribution < -0.4 is 10.5 Å². The molecule has 2 aliphatic rings. The maximum absolute atomic E-state index is 6.11. The van der Waals surface area contributed by atoms with E-state index in [2.05, 4.69) is 18.2 Å². The van der Waals surface area contributed by atoms with Gasteiger partial charge in [-0.05, 0) is 37.3 Å². The van der Waals surface area contributed by atoms with E-state index in [1.807, 2.05) is 0 Å². The first-order valence-electron chi connectivity index (χ1n) is 5.79. The summed E-state index contributed by atoms with van der Waals surface area (Å²) >= 11 is 0. The zero-order chi connectivity index (χ0) is 10.3. The molecule has 1 heterocycles. The minimum absolute atomic E-state index is 0.169. The second-order valence-corrected chi connectivity index (χ2v) is 4.85. The minimum Gasteiger partial charge on any atom is -0.493 e. The van der Waals surface area contributed by atoms with Gasteiger partial charge in [0.1, 0.15) is 5.75 Å². The van der Waals surface area contributed by atoms with Crippen LogP contribution in [0, 0.1) is 0 Å². The molecule has 0 spiro atoms.